The van der Waals surface area contributed by atoms with E-state index in [1.54, 1.807) is 12.4 Å². The Hall–Kier alpha value is -0.730. The highest BCUT2D eigenvalue weighted by atomic mass is 35.5. The zero-order valence-electron chi connectivity index (χ0n) is 6.38. The molecule has 0 amide bonds. The maximum Gasteiger partial charge on any atom is 0.107 e. The van der Waals surface area contributed by atoms with E-state index < -0.39 is 0 Å². The van der Waals surface area contributed by atoms with Crippen LogP contribution < -0.4 is 0 Å². The summed E-state index contributed by atoms with van der Waals surface area (Å²) in [4.78, 5) is 4.13. The summed E-state index contributed by atoms with van der Waals surface area (Å²) in [6.07, 6.45) is 1.72. The van der Waals surface area contributed by atoms with E-state index in [9.17, 15) is 0 Å². The van der Waals surface area contributed by atoms with Crippen molar-refractivity contribution in [3.05, 3.63) is 28.5 Å². The average Bonchev–Trinajstić information content (AvgIpc) is 2.33. The number of hydrogen-bond donors (Lipinski definition) is 0. The summed E-state index contributed by atoms with van der Waals surface area (Å²) in [5.74, 6) is 0. The first-order chi connectivity index (χ1) is 5.68. The third kappa shape index (κ3) is 1.08. The Bertz CT molecular complexity index is 434. The van der Waals surface area contributed by atoms with Crippen molar-refractivity contribution in [2.24, 2.45) is 7.05 Å². The summed E-state index contributed by atoms with van der Waals surface area (Å²) < 4.78 is 1.88. The van der Waals surface area contributed by atoms with Gasteiger partial charge in [0.1, 0.15) is 5.52 Å². The molecule has 1 heterocycles. The van der Waals surface area contributed by atoms with E-state index in [1.165, 1.54) is 0 Å². The summed E-state index contributed by atoms with van der Waals surface area (Å²) in [5, 5.41) is 1.23. The van der Waals surface area contributed by atoms with Gasteiger partial charge in [-0.1, -0.05) is 23.2 Å². The molecule has 0 aliphatic heterocycles. The number of rotatable bonds is 0. The lowest BCUT2D eigenvalue weighted by Gasteiger charge is -1.96. The highest BCUT2D eigenvalue weighted by Crippen LogP contribution is 2.25. The van der Waals surface area contributed by atoms with Crippen LogP contribution in [0, 0.1) is 0 Å². The smallest absolute Gasteiger partial charge is 0.107 e. The van der Waals surface area contributed by atoms with Crippen molar-refractivity contribution in [1.82, 2.24) is 9.55 Å². The molecule has 0 N–H and O–H groups in total. The van der Waals surface area contributed by atoms with Crippen molar-refractivity contribution in [1.29, 1.82) is 0 Å². The highest BCUT2D eigenvalue weighted by Gasteiger charge is 2.04. The van der Waals surface area contributed by atoms with Crippen LogP contribution in [0.15, 0.2) is 18.5 Å². The van der Waals surface area contributed by atoms with Gasteiger partial charge in [0, 0.05) is 12.1 Å². The van der Waals surface area contributed by atoms with Gasteiger partial charge in [0.05, 0.1) is 16.9 Å². The van der Waals surface area contributed by atoms with Gasteiger partial charge in [-0.05, 0) is 12.1 Å². The van der Waals surface area contributed by atoms with E-state index in [2.05, 4.69) is 4.98 Å². The topological polar surface area (TPSA) is 17.8 Å². The van der Waals surface area contributed by atoms with Gasteiger partial charge in [0.15, 0.2) is 0 Å². The summed E-state index contributed by atoms with van der Waals surface area (Å²) in [6.45, 7) is 0. The fourth-order valence-electron chi connectivity index (χ4n) is 1.16. The van der Waals surface area contributed by atoms with E-state index in [-0.39, 0.29) is 0 Å². The lowest BCUT2D eigenvalue weighted by atomic mass is 10.3. The first-order valence-corrected chi connectivity index (χ1v) is 4.20. The Balaban J connectivity index is 2.92. The predicted octanol–water partition coefficient (Wildman–Crippen LogP) is 2.88. The molecule has 1 aromatic carbocycles. The maximum absolute atomic E-state index is 5.92. The van der Waals surface area contributed by atoms with Gasteiger partial charge < -0.3 is 4.57 Å². The summed E-state index contributed by atoms with van der Waals surface area (Å²) in [6, 6.07) is 3.54. The molecule has 2 aromatic rings. The van der Waals surface area contributed by atoms with E-state index in [0.29, 0.717) is 10.0 Å². The minimum Gasteiger partial charge on any atom is -0.334 e. The van der Waals surface area contributed by atoms with Crippen molar-refractivity contribution >= 4 is 34.2 Å². The average molecular weight is 201 g/mol. The molecule has 0 bridgehead atoms. The van der Waals surface area contributed by atoms with E-state index in [0.717, 1.165) is 11.0 Å². The molecular weight excluding hydrogens is 195 g/mol. The van der Waals surface area contributed by atoms with Crippen LogP contribution in [0.5, 0.6) is 0 Å². The van der Waals surface area contributed by atoms with E-state index in [4.69, 9.17) is 23.2 Å². The quantitative estimate of drug-likeness (QED) is 0.640. The molecule has 0 fully saturated rings. The SMILES string of the molecule is Cn1cnc2c(Cl)cc(Cl)cc21. The Morgan fingerprint density at radius 3 is 2.83 bits per heavy atom. The molecule has 2 nitrogen and oxygen atoms in total. The molecule has 0 spiro atoms. The Labute approximate surface area is 79.7 Å². The first kappa shape index (κ1) is 7.90. The van der Waals surface area contributed by atoms with Gasteiger partial charge in [-0.25, -0.2) is 4.98 Å². The summed E-state index contributed by atoms with van der Waals surface area (Å²) in [7, 11) is 1.90. The molecule has 2 rings (SSSR count). The fourth-order valence-corrected chi connectivity index (χ4v) is 1.69. The van der Waals surface area contributed by atoms with E-state index >= 15 is 0 Å². The van der Waals surface area contributed by atoms with Gasteiger partial charge in [-0.15, -0.1) is 0 Å². The first-order valence-electron chi connectivity index (χ1n) is 3.44. The molecule has 4 heteroatoms. The molecule has 0 unspecified atom stereocenters. The molecule has 0 aliphatic carbocycles. The van der Waals surface area contributed by atoms with Gasteiger partial charge in [0.25, 0.3) is 0 Å². The molecule has 0 saturated heterocycles. The Morgan fingerprint density at radius 2 is 2.08 bits per heavy atom. The van der Waals surface area contributed by atoms with Crippen LogP contribution in [0.4, 0.5) is 0 Å². The molecular formula is C8H6Cl2N2. The summed E-state index contributed by atoms with van der Waals surface area (Å²) >= 11 is 11.7. The number of aryl methyl sites for hydroxylation is 1. The van der Waals surface area contributed by atoms with Gasteiger partial charge in [-0.3, -0.25) is 0 Å². The maximum atomic E-state index is 5.92. The number of imidazole rings is 1. The van der Waals surface area contributed by atoms with Gasteiger partial charge in [0.2, 0.25) is 0 Å². The normalized spacial score (nSPS) is 10.9. The number of fused-ring (bicyclic) bond motifs is 1. The Kier molecular flexibility index (Phi) is 1.74. The number of benzene rings is 1. The van der Waals surface area contributed by atoms with Crippen molar-refractivity contribution in [2.75, 3.05) is 0 Å². The van der Waals surface area contributed by atoms with Crippen LogP contribution in [-0.2, 0) is 7.05 Å². The van der Waals surface area contributed by atoms with Crippen molar-refractivity contribution in [2.45, 2.75) is 0 Å². The molecule has 12 heavy (non-hydrogen) atoms. The van der Waals surface area contributed by atoms with Gasteiger partial charge in [-0.2, -0.15) is 0 Å². The van der Waals surface area contributed by atoms with Crippen LogP contribution >= 0.6 is 23.2 Å². The zero-order valence-corrected chi connectivity index (χ0v) is 7.89. The van der Waals surface area contributed by atoms with Crippen LogP contribution in [-0.4, -0.2) is 9.55 Å². The second kappa shape index (κ2) is 2.64. The Morgan fingerprint density at radius 1 is 1.33 bits per heavy atom. The molecule has 0 aliphatic rings. The van der Waals surface area contributed by atoms with Crippen molar-refractivity contribution in [3.8, 4) is 0 Å². The third-order valence-corrected chi connectivity index (χ3v) is 2.25. The molecule has 0 atom stereocenters. The molecule has 0 radical (unpaired) electrons. The van der Waals surface area contributed by atoms with Gasteiger partial charge >= 0.3 is 0 Å². The molecule has 1 aromatic heterocycles. The number of aromatic nitrogens is 2. The van der Waals surface area contributed by atoms with Crippen LogP contribution in [0.1, 0.15) is 0 Å². The number of hydrogen-bond acceptors (Lipinski definition) is 1. The third-order valence-electron chi connectivity index (χ3n) is 1.75. The second-order valence-electron chi connectivity index (χ2n) is 2.61. The highest BCUT2D eigenvalue weighted by molar-refractivity contribution is 6.38. The van der Waals surface area contributed by atoms with Crippen molar-refractivity contribution < 1.29 is 0 Å². The monoisotopic (exact) mass is 200 g/mol. The van der Waals surface area contributed by atoms with Crippen LogP contribution in [0.2, 0.25) is 10.0 Å². The van der Waals surface area contributed by atoms with Crippen LogP contribution in [0.3, 0.4) is 0 Å². The van der Waals surface area contributed by atoms with Crippen molar-refractivity contribution in [3.63, 3.8) is 0 Å². The standard InChI is InChI=1S/C8H6Cl2N2/c1-12-4-11-8-6(10)2-5(9)3-7(8)12/h2-4H,1H3. The minimum atomic E-state index is 0.595. The molecule has 0 saturated carbocycles. The largest absolute Gasteiger partial charge is 0.334 e. The lowest BCUT2D eigenvalue weighted by Crippen LogP contribution is -1.83. The van der Waals surface area contributed by atoms with Crippen LogP contribution in [0.25, 0.3) is 11.0 Å². The number of halogens is 2. The number of nitrogens with zero attached hydrogens (tertiary/aromatic N) is 2. The minimum absolute atomic E-state index is 0.595. The molecule has 62 valence electrons. The fraction of sp³-hybridized carbons (Fsp3) is 0.125. The zero-order chi connectivity index (χ0) is 8.72. The summed E-state index contributed by atoms with van der Waals surface area (Å²) in [5.41, 5.74) is 1.75. The second-order valence-corrected chi connectivity index (χ2v) is 3.45. The van der Waals surface area contributed by atoms with E-state index in [1.807, 2.05) is 17.7 Å². The lowest BCUT2D eigenvalue weighted by molar-refractivity contribution is 0.948. The predicted molar refractivity (Wildman–Crippen MR) is 50.7 cm³/mol.